The molecule has 0 spiro atoms. The van der Waals surface area contributed by atoms with Crippen LogP contribution in [-0.2, 0) is 4.79 Å². The fraction of sp³-hybridized carbons (Fsp3) is 0.227. The van der Waals surface area contributed by atoms with Gasteiger partial charge in [-0.2, -0.15) is 13.2 Å². The minimum atomic E-state index is -5.08. The number of hydrogen-bond acceptors (Lipinski definition) is 9. The number of H-pyrrole nitrogens is 1. The van der Waals surface area contributed by atoms with Crippen LogP contribution in [0.3, 0.4) is 0 Å². The first kappa shape index (κ1) is 26.0. The van der Waals surface area contributed by atoms with Crippen molar-refractivity contribution in [3.05, 3.63) is 46.4 Å². The van der Waals surface area contributed by atoms with Gasteiger partial charge in [-0.15, -0.1) is 0 Å². The summed E-state index contributed by atoms with van der Waals surface area (Å²) in [5.41, 5.74) is 1.51. The third-order valence-corrected chi connectivity index (χ3v) is 4.77. The lowest BCUT2D eigenvalue weighted by Crippen LogP contribution is -2.21. The van der Waals surface area contributed by atoms with E-state index in [2.05, 4.69) is 25.3 Å². The number of hydrogen-bond donors (Lipinski definition) is 3. The summed E-state index contributed by atoms with van der Waals surface area (Å²) in [6.45, 7) is 1.86. The summed E-state index contributed by atoms with van der Waals surface area (Å²) in [4.78, 5) is 37.6. The third-order valence-electron chi connectivity index (χ3n) is 4.77. The van der Waals surface area contributed by atoms with Crippen LogP contribution in [0.15, 0.2) is 35.1 Å². The van der Waals surface area contributed by atoms with E-state index in [1.54, 1.807) is 38.5 Å². The maximum atomic E-state index is 12.5. The summed E-state index contributed by atoms with van der Waals surface area (Å²) in [6, 6.07) is 8.81. The lowest BCUT2D eigenvalue weighted by atomic mass is 10.1. The molecule has 190 valence electrons. The second-order valence-corrected chi connectivity index (χ2v) is 7.06. The van der Waals surface area contributed by atoms with Gasteiger partial charge in [-0.1, -0.05) is 6.07 Å². The SMILES string of the molecule is COc1cc(OC)c2nc(Nc3nc4cccc(OC)c4c(=O)[nH]3)nc(C)c2c1.O=C(O)C(F)(F)F. The number of ether oxygens (including phenoxy) is 3. The molecule has 2 aromatic heterocycles. The summed E-state index contributed by atoms with van der Waals surface area (Å²) >= 11 is 0. The largest absolute Gasteiger partial charge is 0.497 e. The Morgan fingerprint density at radius 1 is 1.03 bits per heavy atom. The number of aryl methyl sites for hydroxylation is 1. The molecule has 11 nitrogen and oxygen atoms in total. The Balaban J connectivity index is 0.000000454. The van der Waals surface area contributed by atoms with Crippen LogP contribution < -0.4 is 25.1 Å². The summed E-state index contributed by atoms with van der Waals surface area (Å²) < 4.78 is 47.7. The Morgan fingerprint density at radius 3 is 2.28 bits per heavy atom. The van der Waals surface area contributed by atoms with Gasteiger partial charge in [0.15, 0.2) is 0 Å². The average Bonchev–Trinajstić information content (AvgIpc) is 2.82. The number of rotatable bonds is 5. The Bertz CT molecular complexity index is 1490. The van der Waals surface area contributed by atoms with Gasteiger partial charge in [-0.3, -0.25) is 15.1 Å². The Morgan fingerprint density at radius 2 is 1.69 bits per heavy atom. The number of anilines is 2. The van der Waals surface area contributed by atoms with Crippen molar-refractivity contribution in [3.8, 4) is 17.2 Å². The van der Waals surface area contributed by atoms with E-state index in [9.17, 15) is 18.0 Å². The van der Waals surface area contributed by atoms with Crippen LogP contribution in [0, 0.1) is 6.92 Å². The molecule has 0 bridgehead atoms. The lowest BCUT2D eigenvalue weighted by molar-refractivity contribution is -0.192. The summed E-state index contributed by atoms with van der Waals surface area (Å²) in [5, 5.41) is 11.3. The second-order valence-electron chi connectivity index (χ2n) is 7.06. The number of carboxylic acid groups (broad SMARTS) is 1. The van der Waals surface area contributed by atoms with Crippen molar-refractivity contribution in [2.24, 2.45) is 0 Å². The standard InChI is InChI=1S/C20H19N5O4.C2HF3O2/c1-10-12-8-11(27-2)9-15(29-4)17(12)23-19(21-10)25-20-22-13-6-5-7-14(28-3)16(13)18(26)24-20;3-2(4,5)1(6)7/h5-9H,1-4H3,(H2,21,22,23,24,25,26);(H,6,7). The summed E-state index contributed by atoms with van der Waals surface area (Å²) in [6.07, 6.45) is -5.08. The minimum absolute atomic E-state index is 0.224. The number of nitrogens with one attached hydrogen (secondary N) is 2. The molecule has 3 N–H and O–H groups in total. The number of benzene rings is 2. The van der Waals surface area contributed by atoms with Gasteiger partial charge in [-0.05, 0) is 25.1 Å². The van der Waals surface area contributed by atoms with Crippen LogP contribution in [0.2, 0.25) is 0 Å². The molecule has 14 heteroatoms. The molecular weight excluding hydrogens is 487 g/mol. The number of methoxy groups -OCH3 is 3. The predicted octanol–water partition coefficient (Wildman–Crippen LogP) is 3.58. The number of alkyl halides is 3. The zero-order valence-electron chi connectivity index (χ0n) is 19.4. The maximum Gasteiger partial charge on any atom is 0.490 e. The third kappa shape index (κ3) is 5.54. The summed E-state index contributed by atoms with van der Waals surface area (Å²) in [7, 11) is 4.66. The van der Waals surface area contributed by atoms with Crippen LogP contribution in [0.5, 0.6) is 17.2 Å². The van der Waals surface area contributed by atoms with Crippen LogP contribution in [0.4, 0.5) is 25.1 Å². The fourth-order valence-corrected chi connectivity index (χ4v) is 3.15. The Kier molecular flexibility index (Phi) is 7.46. The first-order chi connectivity index (χ1) is 17.0. The molecule has 0 fully saturated rings. The molecule has 0 saturated carbocycles. The highest BCUT2D eigenvalue weighted by atomic mass is 19.4. The molecule has 0 aliphatic heterocycles. The van der Waals surface area contributed by atoms with E-state index in [1.807, 2.05) is 13.0 Å². The normalized spacial score (nSPS) is 11.0. The first-order valence-electron chi connectivity index (χ1n) is 10.0. The molecule has 4 rings (SSSR count). The van der Waals surface area contributed by atoms with E-state index in [0.717, 1.165) is 11.1 Å². The molecule has 0 amide bonds. The molecule has 0 radical (unpaired) electrons. The molecular formula is C22H20F3N5O6. The molecule has 4 aromatic rings. The smallest absolute Gasteiger partial charge is 0.490 e. The van der Waals surface area contributed by atoms with Crippen molar-refractivity contribution < 1.29 is 37.3 Å². The van der Waals surface area contributed by atoms with E-state index >= 15 is 0 Å². The minimum Gasteiger partial charge on any atom is -0.497 e. The van der Waals surface area contributed by atoms with Gasteiger partial charge < -0.3 is 19.3 Å². The number of aromatic amines is 1. The van der Waals surface area contributed by atoms with Crippen LogP contribution >= 0.6 is 0 Å². The monoisotopic (exact) mass is 507 g/mol. The molecule has 0 atom stereocenters. The fourth-order valence-electron chi connectivity index (χ4n) is 3.15. The van der Waals surface area contributed by atoms with E-state index < -0.39 is 12.1 Å². The topological polar surface area (TPSA) is 149 Å². The maximum absolute atomic E-state index is 12.5. The van der Waals surface area contributed by atoms with Gasteiger partial charge in [0.1, 0.15) is 28.2 Å². The number of carbonyl (C=O) groups is 1. The van der Waals surface area contributed by atoms with Gasteiger partial charge in [0.2, 0.25) is 11.9 Å². The molecule has 0 aliphatic rings. The molecule has 36 heavy (non-hydrogen) atoms. The first-order valence-corrected chi connectivity index (χ1v) is 10.0. The predicted molar refractivity (Wildman–Crippen MR) is 123 cm³/mol. The summed E-state index contributed by atoms with van der Waals surface area (Å²) in [5.74, 6) is -0.591. The Hall–Kier alpha value is -4.62. The van der Waals surface area contributed by atoms with E-state index in [4.69, 9.17) is 24.1 Å². The highest BCUT2D eigenvalue weighted by Gasteiger charge is 2.38. The highest BCUT2D eigenvalue weighted by Crippen LogP contribution is 2.32. The van der Waals surface area contributed by atoms with Crippen LogP contribution in [-0.4, -0.2) is 58.5 Å². The average molecular weight is 507 g/mol. The zero-order chi connectivity index (χ0) is 26.6. The molecule has 2 heterocycles. The van der Waals surface area contributed by atoms with Crippen LogP contribution in [0.25, 0.3) is 21.8 Å². The number of aromatic nitrogens is 4. The molecule has 0 unspecified atom stereocenters. The van der Waals surface area contributed by atoms with Crippen molar-refractivity contribution >= 4 is 39.7 Å². The van der Waals surface area contributed by atoms with Gasteiger partial charge in [-0.25, -0.2) is 19.7 Å². The van der Waals surface area contributed by atoms with Gasteiger partial charge in [0, 0.05) is 11.5 Å². The van der Waals surface area contributed by atoms with Gasteiger partial charge in [0.25, 0.3) is 5.56 Å². The highest BCUT2D eigenvalue weighted by molar-refractivity contribution is 5.89. The number of aliphatic carboxylic acids is 1. The van der Waals surface area contributed by atoms with E-state index in [-0.39, 0.29) is 17.5 Å². The molecule has 2 aromatic carbocycles. The second kappa shape index (κ2) is 10.3. The molecule has 0 saturated heterocycles. The molecule has 0 aliphatic carbocycles. The van der Waals surface area contributed by atoms with Crippen molar-refractivity contribution in [1.29, 1.82) is 0 Å². The van der Waals surface area contributed by atoms with Crippen LogP contribution in [0.1, 0.15) is 5.69 Å². The van der Waals surface area contributed by atoms with Crippen molar-refractivity contribution in [1.82, 2.24) is 19.9 Å². The Labute approximate surface area is 200 Å². The van der Waals surface area contributed by atoms with Crippen molar-refractivity contribution in [2.45, 2.75) is 13.1 Å². The van der Waals surface area contributed by atoms with E-state index in [0.29, 0.717) is 33.7 Å². The number of fused-ring (bicyclic) bond motifs is 2. The van der Waals surface area contributed by atoms with Gasteiger partial charge in [0.05, 0.1) is 32.5 Å². The zero-order valence-corrected chi connectivity index (χ0v) is 19.4. The number of nitrogens with zero attached hydrogens (tertiary/aromatic N) is 3. The van der Waals surface area contributed by atoms with E-state index in [1.165, 1.54) is 7.11 Å². The number of carboxylic acids is 1. The van der Waals surface area contributed by atoms with Gasteiger partial charge >= 0.3 is 12.1 Å². The van der Waals surface area contributed by atoms with Crippen molar-refractivity contribution in [2.75, 3.05) is 26.6 Å². The quantitative estimate of drug-likeness (QED) is 0.366. The lowest BCUT2D eigenvalue weighted by Gasteiger charge is -2.12. The van der Waals surface area contributed by atoms with Crippen molar-refractivity contribution in [3.63, 3.8) is 0 Å². The number of halogens is 3.